The molecule has 34 heavy (non-hydrogen) atoms. The number of nitrogen functional groups attached to an aromatic ring is 2. The molecule has 0 amide bonds. The van der Waals surface area contributed by atoms with Crippen LogP contribution in [0.1, 0.15) is 20.8 Å². The molecule has 1 aliphatic rings. The summed E-state index contributed by atoms with van der Waals surface area (Å²) in [6, 6.07) is 12.0. The van der Waals surface area contributed by atoms with E-state index >= 15 is 0 Å². The molecular weight excluding hydrogens is 452 g/mol. The third kappa shape index (κ3) is 6.19. The second kappa shape index (κ2) is 10.9. The van der Waals surface area contributed by atoms with Gasteiger partial charge in [0.2, 0.25) is 5.95 Å². The number of piperazine rings is 1. The van der Waals surface area contributed by atoms with Crippen molar-refractivity contribution in [3.05, 3.63) is 42.6 Å². The quantitative estimate of drug-likeness (QED) is 0.409. The normalized spacial score (nSPS) is 15.6. The third-order valence-electron chi connectivity index (χ3n) is 5.41. The largest absolute Gasteiger partial charge is 0.481 e. The highest BCUT2D eigenvalue weighted by molar-refractivity contribution is 7.80. The Morgan fingerprint density at radius 2 is 1.94 bits per heavy atom. The summed E-state index contributed by atoms with van der Waals surface area (Å²) in [5, 5.41) is 12.6. The Morgan fingerprint density at radius 3 is 2.62 bits per heavy atom. The highest BCUT2D eigenvalue weighted by Crippen LogP contribution is 2.26. The van der Waals surface area contributed by atoms with E-state index in [9.17, 15) is 0 Å². The molecule has 10 nitrogen and oxygen atoms in total. The third-order valence-corrected chi connectivity index (χ3v) is 5.75. The molecule has 0 saturated carbocycles. The lowest BCUT2D eigenvalue weighted by molar-refractivity contribution is -0.134. The van der Waals surface area contributed by atoms with Crippen molar-refractivity contribution >= 4 is 57.5 Å². The minimum Gasteiger partial charge on any atom is -0.481 e. The van der Waals surface area contributed by atoms with Crippen LogP contribution in [0.15, 0.2) is 42.6 Å². The lowest BCUT2D eigenvalue weighted by atomic mass is 10.00. The molecule has 3 aromatic rings. The first kappa shape index (κ1) is 24.9. The fraction of sp³-hybridized carbons (Fsp3) is 0.348. The predicted octanol–water partition coefficient (Wildman–Crippen LogP) is 2.82. The zero-order valence-electron chi connectivity index (χ0n) is 19.5. The number of hydrogen-bond acceptors (Lipinski definition) is 8. The number of aromatic nitrogens is 3. The maximum atomic E-state index is 9.00. The van der Waals surface area contributed by atoms with Gasteiger partial charge in [0.25, 0.3) is 5.97 Å². The number of nitrogens with zero attached hydrogens (tertiary/aromatic N) is 5. The topological polar surface area (TPSA) is 147 Å². The first-order chi connectivity index (χ1) is 16.2. The van der Waals surface area contributed by atoms with Crippen LogP contribution in [0.3, 0.4) is 0 Å². The Balaban J connectivity index is 0.000000751. The van der Waals surface area contributed by atoms with Gasteiger partial charge in [-0.3, -0.25) is 9.78 Å². The summed E-state index contributed by atoms with van der Waals surface area (Å²) in [5.41, 5.74) is 13.6. The van der Waals surface area contributed by atoms with Gasteiger partial charge in [-0.05, 0) is 42.4 Å². The lowest BCUT2D eigenvalue weighted by Crippen LogP contribution is -2.58. The fourth-order valence-corrected chi connectivity index (χ4v) is 4.21. The van der Waals surface area contributed by atoms with E-state index in [0.29, 0.717) is 16.8 Å². The van der Waals surface area contributed by atoms with Crippen LogP contribution in [0.5, 0.6) is 0 Å². The number of hydrogen-bond donors (Lipinski definition) is 4. The van der Waals surface area contributed by atoms with Crippen molar-refractivity contribution in [3.63, 3.8) is 0 Å². The molecule has 0 radical (unpaired) electrons. The smallest absolute Gasteiger partial charge is 0.300 e. The lowest BCUT2D eigenvalue weighted by Gasteiger charge is -2.45. The molecular formula is C23H30N8O2S. The number of nitrogens with two attached hydrogens (primary N) is 2. The van der Waals surface area contributed by atoms with E-state index in [1.54, 1.807) is 12.3 Å². The molecule has 2 aromatic heterocycles. The molecule has 0 spiro atoms. The van der Waals surface area contributed by atoms with Crippen LogP contribution in [0.2, 0.25) is 0 Å². The number of pyridine rings is 1. The Labute approximate surface area is 204 Å². The number of anilines is 4. The van der Waals surface area contributed by atoms with Crippen molar-refractivity contribution in [3.8, 4) is 0 Å². The van der Waals surface area contributed by atoms with Gasteiger partial charge in [0, 0.05) is 49.9 Å². The van der Waals surface area contributed by atoms with Gasteiger partial charge in [0.1, 0.15) is 11.6 Å². The Kier molecular flexibility index (Phi) is 8.00. The van der Waals surface area contributed by atoms with Crippen molar-refractivity contribution in [2.45, 2.75) is 26.8 Å². The zero-order chi connectivity index (χ0) is 24.8. The molecule has 1 aliphatic heterocycles. The highest BCUT2D eigenvalue weighted by Gasteiger charge is 2.32. The highest BCUT2D eigenvalue weighted by atomic mass is 32.1. The van der Waals surface area contributed by atoms with Crippen LogP contribution in [-0.4, -0.2) is 61.7 Å². The molecule has 11 heteroatoms. The molecule has 4 rings (SSSR count). The van der Waals surface area contributed by atoms with E-state index in [2.05, 4.69) is 50.0 Å². The molecule has 6 N–H and O–H groups in total. The van der Waals surface area contributed by atoms with Gasteiger partial charge in [-0.2, -0.15) is 9.97 Å². The second-order valence-electron chi connectivity index (χ2n) is 8.28. The number of aliphatic carboxylic acids is 1. The van der Waals surface area contributed by atoms with Crippen LogP contribution in [0.25, 0.3) is 10.9 Å². The van der Waals surface area contributed by atoms with Crippen molar-refractivity contribution in [2.75, 3.05) is 41.3 Å². The molecule has 0 bridgehead atoms. The Morgan fingerprint density at radius 1 is 1.21 bits per heavy atom. The van der Waals surface area contributed by atoms with E-state index in [0.717, 1.165) is 49.0 Å². The van der Waals surface area contributed by atoms with Gasteiger partial charge in [-0.1, -0.05) is 19.9 Å². The van der Waals surface area contributed by atoms with E-state index in [-0.39, 0.29) is 12.0 Å². The summed E-state index contributed by atoms with van der Waals surface area (Å²) in [6.07, 6.45) is 1.80. The maximum absolute atomic E-state index is 9.00. The van der Waals surface area contributed by atoms with E-state index in [1.165, 1.54) is 0 Å². The molecule has 1 fully saturated rings. The first-order valence-electron chi connectivity index (χ1n) is 10.9. The number of rotatable bonds is 3. The summed E-state index contributed by atoms with van der Waals surface area (Å²) < 4.78 is 0. The molecule has 0 aliphatic carbocycles. The Hall–Kier alpha value is -3.73. The van der Waals surface area contributed by atoms with Crippen LogP contribution in [0.4, 0.5) is 23.3 Å². The van der Waals surface area contributed by atoms with Gasteiger partial charge >= 0.3 is 0 Å². The summed E-state index contributed by atoms with van der Waals surface area (Å²) in [4.78, 5) is 26.2. The van der Waals surface area contributed by atoms with Gasteiger partial charge in [0.05, 0.1) is 11.6 Å². The molecule has 1 aromatic carbocycles. The minimum absolute atomic E-state index is 0.190. The SMILES string of the molecule is CC(=O)O.CC(C)C1CN(c2cc(N)nc(N)n2)CCN1C(=S)Nc1cccc2ncccc12. The number of benzene rings is 1. The standard InChI is InChI=1S/C21H26N8S.C2H4O2/c1-13(2)17-12-28(19-11-18(22)26-20(23)27-19)9-10-29(17)21(30)25-16-7-3-6-15-14(16)5-4-8-24-15;1-2(3)4/h3-8,11,13,17H,9-10,12H2,1-2H3,(H,25,30)(H4,22,23,26,27);1H3,(H,3,4). The van der Waals surface area contributed by atoms with Gasteiger partial charge < -0.3 is 31.7 Å². The number of carbonyl (C=O) groups is 1. The second-order valence-corrected chi connectivity index (χ2v) is 8.67. The van der Waals surface area contributed by atoms with Gasteiger partial charge in [-0.25, -0.2) is 0 Å². The molecule has 1 saturated heterocycles. The van der Waals surface area contributed by atoms with Gasteiger partial charge in [-0.15, -0.1) is 0 Å². The van der Waals surface area contributed by atoms with E-state index in [1.807, 2.05) is 24.3 Å². The summed E-state index contributed by atoms with van der Waals surface area (Å²) in [5.74, 6) is 0.876. The molecule has 3 heterocycles. The maximum Gasteiger partial charge on any atom is 0.300 e. The summed E-state index contributed by atoms with van der Waals surface area (Å²) in [6.45, 7) is 7.79. The first-order valence-corrected chi connectivity index (χ1v) is 11.3. The summed E-state index contributed by atoms with van der Waals surface area (Å²) in [7, 11) is 0. The van der Waals surface area contributed by atoms with Crippen LogP contribution in [0, 0.1) is 5.92 Å². The summed E-state index contributed by atoms with van der Waals surface area (Å²) >= 11 is 5.82. The number of carboxylic acids is 1. The van der Waals surface area contributed by atoms with E-state index < -0.39 is 5.97 Å². The van der Waals surface area contributed by atoms with Crippen molar-refractivity contribution in [1.82, 2.24) is 19.9 Å². The van der Waals surface area contributed by atoms with Crippen molar-refractivity contribution < 1.29 is 9.90 Å². The van der Waals surface area contributed by atoms with Crippen molar-refractivity contribution in [2.24, 2.45) is 5.92 Å². The zero-order valence-corrected chi connectivity index (χ0v) is 20.3. The number of nitrogens with one attached hydrogen (secondary N) is 1. The van der Waals surface area contributed by atoms with Crippen molar-refractivity contribution in [1.29, 1.82) is 0 Å². The molecule has 1 atom stereocenters. The monoisotopic (exact) mass is 482 g/mol. The van der Waals surface area contributed by atoms with Crippen LogP contribution in [-0.2, 0) is 4.79 Å². The van der Waals surface area contributed by atoms with Crippen LogP contribution < -0.4 is 21.7 Å². The van der Waals surface area contributed by atoms with Gasteiger partial charge in [0.15, 0.2) is 5.11 Å². The number of fused-ring (bicyclic) bond motifs is 1. The Bertz CT molecular complexity index is 1140. The predicted molar refractivity (Wildman–Crippen MR) is 140 cm³/mol. The number of carboxylic acid groups (broad SMARTS) is 1. The average molecular weight is 483 g/mol. The van der Waals surface area contributed by atoms with E-state index in [4.69, 9.17) is 33.6 Å². The molecule has 180 valence electrons. The number of thiocarbonyl (C=S) groups is 1. The molecule has 1 unspecified atom stereocenters. The minimum atomic E-state index is -0.833. The fourth-order valence-electron chi connectivity index (χ4n) is 3.87. The van der Waals surface area contributed by atoms with Crippen LogP contribution >= 0.6 is 12.2 Å². The average Bonchev–Trinajstić information content (AvgIpc) is 2.78.